The number of hydrogen-bond donors (Lipinski definition) is 2. The first-order valence-electron chi connectivity index (χ1n) is 6.82. The van der Waals surface area contributed by atoms with Crippen LogP contribution in [0.4, 0.5) is 0 Å². The quantitative estimate of drug-likeness (QED) is 0.723. The highest BCUT2D eigenvalue weighted by Crippen LogP contribution is 2.17. The summed E-state index contributed by atoms with van der Waals surface area (Å²) in [6.45, 7) is 12.9. The molecule has 0 unspecified atom stereocenters. The van der Waals surface area contributed by atoms with E-state index in [0.29, 0.717) is 30.6 Å². The zero-order valence-electron chi connectivity index (χ0n) is 12.7. The van der Waals surface area contributed by atoms with E-state index in [9.17, 15) is 8.42 Å². The maximum absolute atomic E-state index is 12.5. The highest BCUT2D eigenvalue weighted by molar-refractivity contribution is 7.89. The van der Waals surface area contributed by atoms with Gasteiger partial charge in [0.1, 0.15) is 0 Å². The Morgan fingerprint density at radius 2 is 2.15 bits per heavy atom. The third kappa shape index (κ3) is 4.47. The second kappa shape index (κ2) is 7.06. The van der Waals surface area contributed by atoms with Crippen LogP contribution in [0.25, 0.3) is 0 Å². The van der Waals surface area contributed by atoms with Crippen molar-refractivity contribution in [3.63, 3.8) is 0 Å². The molecule has 20 heavy (non-hydrogen) atoms. The van der Waals surface area contributed by atoms with Crippen LogP contribution in [0.5, 0.6) is 0 Å². The predicted molar refractivity (Wildman–Crippen MR) is 82.0 cm³/mol. The number of rotatable bonds is 8. The minimum atomic E-state index is -3.45. The Kier molecular flexibility index (Phi) is 5.98. The van der Waals surface area contributed by atoms with Gasteiger partial charge < -0.3 is 10.3 Å². The molecule has 0 radical (unpaired) electrons. The molecule has 0 aliphatic rings. The van der Waals surface area contributed by atoms with Crippen LogP contribution in [0, 0.1) is 0 Å². The lowest BCUT2D eigenvalue weighted by molar-refractivity contribution is 0.453. The van der Waals surface area contributed by atoms with Crippen LogP contribution in [0.1, 0.15) is 33.4 Å². The Balaban J connectivity index is 2.89. The van der Waals surface area contributed by atoms with E-state index in [0.717, 1.165) is 11.3 Å². The minimum Gasteiger partial charge on any atom is -0.363 e. The van der Waals surface area contributed by atoms with Crippen LogP contribution in [-0.2, 0) is 16.6 Å². The lowest BCUT2D eigenvalue weighted by atomic mass is 10.3. The number of aromatic amines is 1. The van der Waals surface area contributed by atoms with Crippen molar-refractivity contribution in [3.8, 4) is 0 Å². The fourth-order valence-electron chi connectivity index (χ4n) is 1.80. The van der Waals surface area contributed by atoms with Gasteiger partial charge in [-0.3, -0.25) is 0 Å². The highest BCUT2D eigenvalue weighted by atomic mass is 32.2. The van der Waals surface area contributed by atoms with Crippen LogP contribution < -0.4 is 5.32 Å². The zero-order valence-corrected chi connectivity index (χ0v) is 13.5. The van der Waals surface area contributed by atoms with Gasteiger partial charge in [-0.1, -0.05) is 32.9 Å². The smallest absolute Gasteiger partial charge is 0.244 e. The molecular formula is C14H25N3O2S. The summed E-state index contributed by atoms with van der Waals surface area (Å²) in [4.78, 5) is 3.32. The standard InChI is InChI=1S/C14H25N3O2S/c1-6-17(10-11(2)3)20(18,19)14-7-13(16-9-14)8-15-12(4)5/h7,9,12,15-16H,2,6,8,10H2,1,3-5H3. The monoisotopic (exact) mass is 299 g/mol. The third-order valence-corrected chi connectivity index (χ3v) is 4.75. The van der Waals surface area contributed by atoms with E-state index in [1.54, 1.807) is 12.3 Å². The number of nitrogens with zero attached hydrogens (tertiary/aromatic N) is 1. The van der Waals surface area contributed by atoms with Gasteiger partial charge >= 0.3 is 0 Å². The number of H-pyrrole nitrogens is 1. The molecule has 0 aliphatic heterocycles. The molecule has 114 valence electrons. The van der Waals surface area contributed by atoms with E-state index in [2.05, 4.69) is 16.9 Å². The molecule has 0 aromatic carbocycles. The molecule has 0 bridgehead atoms. The van der Waals surface area contributed by atoms with E-state index in [-0.39, 0.29) is 0 Å². The summed E-state index contributed by atoms with van der Waals surface area (Å²) < 4.78 is 26.4. The first kappa shape index (κ1) is 16.9. The van der Waals surface area contributed by atoms with E-state index in [4.69, 9.17) is 0 Å². The van der Waals surface area contributed by atoms with Crippen molar-refractivity contribution < 1.29 is 8.42 Å². The first-order valence-corrected chi connectivity index (χ1v) is 8.26. The third-order valence-electron chi connectivity index (χ3n) is 2.85. The maximum Gasteiger partial charge on any atom is 0.244 e. The average Bonchev–Trinajstić information content (AvgIpc) is 2.82. The molecule has 1 aromatic rings. The van der Waals surface area contributed by atoms with Gasteiger partial charge in [0.05, 0.1) is 4.90 Å². The lowest BCUT2D eigenvalue weighted by Crippen LogP contribution is -2.32. The number of hydrogen-bond acceptors (Lipinski definition) is 3. The van der Waals surface area contributed by atoms with E-state index >= 15 is 0 Å². The van der Waals surface area contributed by atoms with Crippen molar-refractivity contribution in [1.29, 1.82) is 0 Å². The molecule has 0 amide bonds. The predicted octanol–water partition coefficient (Wildman–Crippen LogP) is 2.10. The molecule has 1 heterocycles. The topological polar surface area (TPSA) is 65.2 Å². The highest BCUT2D eigenvalue weighted by Gasteiger charge is 2.24. The lowest BCUT2D eigenvalue weighted by Gasteiger charge is -2.19. The molecule has 0 saturated heterocycles. The van der Waals surface area contributed by atoms with Gasteiger partial charge in [-0.15, -0.1) is 0 Å². The second-order valence-corrected chi connectivity index (χ2v) is 7.22. The summed E-state index contributed by atoms with van der Waals surface area (Å²) in [5.74, 6) is 0. The summed E-state index contributed by atoms with van der Waals surface area (Å²) in [5, 5.41) is 3.25. The molecule has 0 aliphatic carbocycles. The maximum atomic E-state index is 12.5. The molecule has 0 atom stereocenters. The minimum absolute atomic E-state index is 0.307. The van der Waals surface area contributed by atoms with Gasteiger partial charge in [0.25, 0.3) is 0 Å². The van der Waals surface area contributed by atoms with Gasteiger partial charge in [-0.05, 0) is 13.0 Å². The summed E-state index contributed by atoms with van der Waals surface area (Å²) in [7, 11) is -3.45. The molecule has 0 fully saturated rings. The van der Waals surface area contributed by atoms with Crippen LogP contribution in [-0.4, -0.2) is 36.8 Å². The van der Waals surface area contributed by atoms with E-state index in [1.807, 2.05) is 27.7 Å². The van der Waals surface area contributed by atoms with Crippen LogP contribution in [0.2, 0.25) is 0 Å². The van der Waals surface area contributed by atoms with Crippen molar-refractivity contribution in [2.24, 2.45) is 0 Å². The largest absolute Gasteiger partial charge is 0.363 e. The van der Waals surface area contributed by atoms with Gasteiger partial charge in [0.15, 0.2) is 0 Å². The van der Waals surface area contributed by atoms with Crippen LogP contribution >= 0.6 is 0 Å². The second-order valence-electron chi connectivity index (χ2n) is 5.28. The zero-order chi connectivity index (χ0) is 15.3. The van der Waals surface area contributed by atoms with Crippen molar-refractivity contribution in [2.45, 2.75) is 45.2 Å². The number of likely N-dealkylation sites (N-methyl/N-ethyl adjacent to an activating group) is 1. The Morgan fingerprint density at radius 3 is 2.65 bits per heavy atom. The van der Waals surface area contributed by atoms with Gasteiger partial charge in [-0.25, -0.2) is 8.42 Å². The summed E-state index contributed by atoms with van der Waals surface area (Å²) >= 11 is 0. The number of nitrogens with one attached hydrogen (secondary N) is 2. The Morgan fingerprint density at radius 1 is 1.50 bits per heavy atom. The number of sulfonamides is 1. The molecule has 6 heteroatoms. The van der Waals surface area contributed by atoms with Gasteiger partial charge in [0, 0.05) is 37.6 Å². The first-order chi connectivity index (χ1) is 9.27. The van der Waals surface area contributed by atoms with E-state index < -0.39 is 10.0 Å². The summed E-state index contributed by atoms with van der Waals surface area (Å²) in [5.41, 5.74) is 1.69. The number of aromatic nitrogens is 1. The molecule has 0 saturated carbocycles. The SMILES string of the molecule is C=C(C)CN(CC)S(=O)(=O)c1c[nH]c(CNC(C)C)c1. The molecule has 5 nitrogen and oxygen atoms in total. The molecule has 2 N–H and O–H groups in total. The molecule has 1 aromatic heterocycles. The van der Waals surface area contributed by atoms with Gasteiger partial charge in [0.2, 0.25) is 10.0 Å². The molecule has 0 spiro atoms. The van der Waals surface area contributed by atoms with Crippen molar-refractivity contribution in [2.75, 3.05) is 13.1 Å². The summed E-state index contributed by atoms with van der Waals surface area (Å²) in [6.07, 6.45) is 1.55. The van der Waals surface area contributed by atoms with Crippen LogP contribution in [0.15, 0.2) is 29.3 Å². The normalized spacial score (nSPS) is 12.3. The van der Waals surface area contributed by atoms with Crippen molar-refractivity contribution >= 4 is 10.0 Å². The van der Waals surface area contributed by atoms with Crippen molar-refractivity contribution in [1.82, 2.24) is 14.6 Å². The van der Waals surface area contributed by atoms with Gasteiger partial charge in [-0.2, -0.15) is 4.31 Å². The molecular weight excluding hydrogens is 274 g/mol. The average molecular weight is 299 g/mol. The Bertz CT molecular complexity index is 547. The molecule has 1 rings (SSSR count). The Labute approximate surface area is 122 Å². The van der Waals surface area contributed by atoms with E-state index in [1.165, 1.54) is 4.31 Å². The Hall–Kier alpha value is -1.11. The van der Waals surface area contributed by atoms with Crippen LogP contribution in [0.3, 0.4) is 0 Å². The summed E-state index contributed by atoms with van der Waals surface area (Å²) in [6, 6.07) is 2.04. The fraction of sp³-hybridized carbons (Fsp3) is 0.571. The van der Waals surface area contributed by atoms with Crippen molar-refractivity contribution in [3.05, 3.63) is 30.1 Å². The fourth-order valence-corrected chi connectivity index (χ4v) is 3.33.